The molecule has 0 aliphatic rings. The smallest absolute Gasteiger partial charge is 0.0110 e. The van der Waals surface area contributed by atoms with Crippen LogP contribution in [0.15, 0.2) is 109 Å². The molecule has 2 heteroatoms. The summed E-state index contributed by atoms with van der Waals surface area (Å²) in [5.41, 5.74) is 6.78. The minimum atomic E-state index is 0.677. The topological polar surface area (TPSA) is 0 Å². The van der Waals surface area contributed by atoms with E-state index in [2.05, 4.69) is 123 Å². The van der Waals surface area contributed by atoms with E-state index in [1.165, 1.54) is 39.3 Å². The first-order chi connectivity index (χ1) is 15.2. The quantitative estimate of drug-likeness (QED) is 0.249. The predicted molar refractivity (Wildman–Crippen MR) is 143 cm³/mol. The van der Waals surface area contributed by atoms with Crippen LogP contribution in [0.3, 0.4) is 0 Å². The molecule has 156 valence electrons. The highest BCUT2D eigenvalue weighted by Gasteiger charge is 2.14. The molecule has 0 saturated carbocycles. The molecule has 4 atom stereocenters. The first-order valence-corrected chi connectivity index (χ1v) is 13.2. The van der Waals surface area contributed by atoms with Gasteiger partial charge in [0.1, 0.15) is 0 Å². The Bertz CT molecular complexity index is 1000. The van der Waals surface area contributed by atoms with Crippen molar-refractivity contribution < 1.29 is 0 Å². The number of hydrogen-bond donors (Lipinski definition) is 0. The molecule has 0 radical (unpaired) electrons. The van der Waals surface area contributed by atoms with Crippen molar-refractivity contribution in [2.45, 2.75) is 31.6 Å². The van der Waals surface area contributed by atoms with Gasteiger partial charge in [-0.2, -0.15) is 0 Å². The Morgan fingerprint density at radius 3 is 1.26 bits per heavy atom. The van der Waals surface area contributed by atoms with E-state index >= 15 is 0 Å². The van der Waals surface area contributed by atoms with Crippen LogP contribution in [0.1, 0.15) is 20.3 Å². The van der Waals surface area contributed by atoms with Crippen molar-refractivity contribution in [3.63, 3.8) is 0 Å². The third kappa shape index (κ3) is 5.92. The number of rotatable bonds is 8. The zero-order valence-electron chi connectivity index (χ0n) is 18.3. The summed E-state index contributed by atoms with van der Waals surface area (Å²) >= 11 is 0. The summed E-state index contributed by atoms with van der Waals surface area (Å²) in [5, 5.41) is 2.97. The van der Waals surface area contributed by atoms with E-state index in [-0.39, 0.29) is 0 Å². The van der Waals surface area contributed by atoms with Crippen molar-refractivity contribution >= 4 is 27.8 Å². The van der Waals surface area contributed by atoms with Crippen LogP contribution in [-0.2, 0) is 0 Å². The van der Waals surface area contributed by atoms with Crippen molar-refractivity contribution in [3.05, 3.63) is 109 Å². The molecule has 0 aromatic heterocycles. The average molecular weight is 441 g/mol. The Balaban J connectivity index is 1.44. The van der Waals surface area contributed by atoms with Crippen molar-refractivity contribution in [1.82, 2.24) is 0 Å². The minimum Gasteiger partial charge on any atom is -0.0868 e. The SMILES string of the molecule is C[C@@H](C[C@H](C)Pc1ccccc1-c1ccccc1)Pc1ccccc1-c1ccccc1. The third-order valence-corrected chi connectivity index (χ3v) is 8.49. The normalized spacial score (nSPS) is 13.7. The molecule has 0 fully saturated rings. The van der Waals surface area contributed by atoms with E-state index in [1.54, 1.807) is 0 Å². The van der Waals surface area contributed by atoms with Gasteiger partial charge in [0.2, 0.25) is 0 Å². The Kier molecular flexibility index (Phi) is 7.69. The molecule has 0 saturated heterocycles. The van der Waals surface area contributed by atoms with Crippen LogP contribution in [0.4, 0.5) is 0 Å². The molecule has 4 aromatic carbocycles. The molecule has 2 unspecified atom stereocenters. The monoisotopic (exact) mass is 440 g/mol. The largest absolute Gasteiger partial charge is 0.0868 e. The molecule has 0 amide bonds. The molecule has 4 aromatic rings. The molecule has 0 spiro atoms. The summed E-state index contributed by atoms with van der Waals surface area (Å²) in [5.74, 6) is 0. The van der Waals surface area contributed by atoms with E-state index < -0.39 is 0 Å². The molecule has 0 heterocycles. The average Bonchev–Trinajstić information content (AvgIpc) is 2.81. The summed E-state index contributed by atoms with van der Waals surface area (Å²) in [6.07, 6.45) is 1.25. The van der Waals surface area contributed by atoms with E-state index in [0.29, 0.717) is 11.3 Å². The molecule has 0 bridgehead atoms. The molecule has 0 aliphatic heterocycles. The second-order valence-electron chi connectivity index (χ2n) is 8.15. The molecule has 4 rings (SSSR count). The van der Waals surface area contributed by atoms with Gasteiger partial charge < -0.3 is 0 Å². The molecule has 0 N–H and O–H groups in total. The van der Waals surface area contributed by atoms with Gasteiger partial charge >= 0.3 is 0 Å². The first kappa shape index (κ1) is 22.0. The van der Waals surface area contributed by atoms with Gasteiger partial charge in [-0.15, -0.1) is 0 Å². The van der Waals surface area contributed by atoms with Crippen molar-refractivity contribution in [1.29, 1.82) is 0 Å². The van der Waals surface area contributed by atoms with Gasteiger partial charge in [0.05, 0.1) is 0 Å². The summed E-state index contributed by atoms with van der Waals surface area (Å²) in [6, 6.07) is 39.4. The summed E-state index contributed by atoms with van der Waals surface area (Å²) in [7, 11) is 1.66. The van der Waals surface area contributed by atoms with E-state index in [4.69, 9.17) is 0 Å². The summed E-state index contributed by atoms with van der Waals surface area (Å²) < 4.78 is 0. The van der Waals surface area contributed by atoms with Crippen molar-refractivity contribution in [2.24, 2.45) is 0 Å². The highest BCUT2D eigenvalue weighted by Crippen LogP contribution is 2.34. The fraction of sp³-hybridized carbons (Fsp3) is 0.172. The van der Waals surface area contributed by atoms with Crippen molar-refractivity contribution in [3.8, 4) is 22.3 Å². The third-order valence-electron chi connectivity index (χ3n) is 5.53. The molecule has 0 aliphatic carbocycles. The lowest BCUT2D eigenvalue weighted by molar-refractivity contribution is 0.799. The summed E-state index contributed by atoms with van der Waals surface area (Å²) in [4.78, 5) is 0. The van der Waals surface area contributed by atoms with Crippen LogP contribution in [0.5, 0.6) is 0 Å². The lowest BCUT2D eigenvalue weighted by Crippen LogP contribution is -2.12. The molecular weight excluding hydrogens is 410 g/mol. The maximum Gasteiger partial charge on any atom is -0.0110 e. The standard InChI is InChI=1S/C29H30P2/c1-22(30-28-19-11-9-17-26(28)24-13-5-3-6-14-24)21-23(2)31-29-20-12-10-18-27(29)25-15-7-4-8-16-25/h3-20,22-23,30-31H,21H2,1-2H3/t22-,23-/m0/s1. The number of hydrogen-bond acceptors (Lipinski definition) is 0. The highest BCUT2D eigenvalue weighted by atomic mass is 31.1. The first-order valence-electron chi connectivity index (χ1n) is 11.0. The molecule has 0 nitrogen and oxygen atoms in total. The predicted octanol–water partition coefficient (Wildman–Crippen LogP) is 7.50. The Morgan fingerprint density at radius 2 is 0.839 bits per heavy atom. The Hall–Kier alpha value is -2.26. The van der Waals surface area contributed by atoms with Crippen LogP contribution in [0.25, 0.3) is 22.3 Å². The van der Waals surface area contributed by atoms with E-state index in [9.17, 15) is 0 Å². The van der Waals surface area contributed by atoms with E-state index in [1.807, 2.05) is 0 Å². The maximum atomic E-state index is 2.42. The zero-order valence-corrected chi connectivity index (χ0v) is 20.3. The van der Waals surface area contributed by atoms with Gasteiger partial charge in [-0.3, -0.25) is 0 Å². The Labute approximate surface area is 190 Å². The minimum absolute atomic E-state index is 0.677. The van der Waals surface area contributed by atoms with Gasteiger partial charge in [-0.05, 0) is 50.6 Å². The van der Waals surface area contributed by atoms with Crippen LogP contribution in [0.2, 0.25) is 0 Å². The van der Waals surface area contributed by atoms with E-state index in [0.717, 1.165) is 17.2 Å². The lowest BCUT2D eigenvalue weighted by atomic mass is 10.1. The van der Waals surface area contributed by atoms with Gasteiger partial charge in [0, 0.05) is 0 Å². The van der Waals surface area contributed by atoms with Crippen molar-refractivity contribution in [2.75, 3.05) is 0 Å². The van der Waals surface area contributed by atoms with Gasteiger partial charge in [0.25, 0.3) is 0 Å². The van der Waals surface area contributed by atoms with Crippen LogP contribution in [0, 0.1) is 0 Å². The van der Waals surface area contributed by atoms with Gasteiger partial charge in [-0.25, -0.2) is 0 Å². The summed E-state index contributed by atoms with van der Waals surface area (Å²) in [6.45, 7) is 4.84. The zero-order chi connectivity index (χ0) is 21.5. The molecule has 31 heavy (non-hydrogen) atoms. The van der Waals surface area contributed by atoms with Crippen LogP contribution >= 0.6 is 17.2 Å². The lowest BCUT2D eigenvalue weighted by Gasteiger charge is -2.20. The Morgan fingerprint density at radius 1 is 0.484 bits per heavy atom. The van der Waals surface area contributed by atoms with Gasteiger partial charge in [-0.1, -0.05) is 140 Å². The number of benzene rings is 4. The molecular formula is C29H30P2. The van der Waals surface area contributed by atoms with Crippen LogP contribution < -0.4 is 10.6 Å². The fourth-order valence-electron chi connectivity index (χ4n) is 4.14. The van der Waals surface area contributed by atoms with Gasteiger partial charge in [0.15, 0.2) is 0 Å². The highest BCUT2D eigenvalue weighted by molar-refractivity contribution is 7.49. The fourth-order valence-corrected chi connectivity index (χ4v) is 7.53. The maximum absolute atomic E-state index is 2.42. The second kappa shape index (κ2) is 10.9. The second-order valence-corrected chi connectivity index (χ2v) is 11.8. The van der Waals surface area contributed by atoms with Crippen LogP contribution in [-0.4, -0.2) is 11.3 Å².